The van der Waals surface area contributed by atoms with Crippen LogP contribution in [0.5, 0.6) is 0 Å². The Balaban J connectivity index is 1.03. The maximum Gasteiger partial charge on any atom is 0.269 e. The first-order valence-electron chi connectivity index (χ1n) is 17.5. The van der Waals surface area contributed by atoms with Crippen LogP contribution < -0.4 is 9.80 Å². The molecule has 3 heterocycles. The van der Waals surface area contributed by atoms with E-state index in [2.05, 4.69) is 0 Å². The third-order valence-electron chi connectivity index (χ3n) is 10.8. The SMILES string of the molecule is C[C@H](/C=C/CC(=O)N1Cc2ccccc2C[C@H]1CO)[C@@]1(O)C(=O)N(Cc2ccc(N3C(=O)c4cccc5cccc3c45)cc2)c2ccc([N+](=O)[O-])cc21. The number of aliphatic hydroxyl groups is 2. The number of non-ortho nitro benzene ring substituents is 1. The van der Waals surface area contributed by atoms with Gasteiger partial charge in [-0.1, -0.05) is 79.7 Å². The molecular formula is C42H36N4O7. The number of nitrogens with zero attached hydrogens (tertiary/aromatic N) is 4. The highest BCUT2D eigenvalue weighted by Crippen LogP contribution is 2.47. The van der Waals surface area contributed by atoms with Crippen molar-refractivity contribution in [3.8, 4) is 0 Å². The van der Waals surface area contributed by atoms with Crippen LogP contribution in [0.25, 0.3) is 10.8 Å². The number of fused-ring (bicyclic) bond motifs is 2. The summed E-state index contributed by atoms with van der Waals surface area (Å²) in [5.41, 5.74) is 2.97. The van der Waals surface area contributed by atoms with Crippen molar-refractivity contribution < 1.29 is 29.5 Å². The number of carbonyl (C=O) groups is 3. The summed E-state index contributed by atoms with van der Waals surface area (Å²) in [6, 6.07) is 30.2. The van der Waals surface area contributed by atoms with Crippen molar-refractivity contribution in [2.24, 2.45) is 5.92 Å². The number of hydrogen-bond acceptors (Lipinski definition) is 7. The van der Waals surface area contributed by atoms with Gasteiger partial charge in [0.25, 0.3) is 17.5 Å². The molecule has 8 rings (SSSR count). The van der Waals surface area contributed by atoms with Gasteiger partial charge in [-0.25, -0.2) is 0 Å². The zero-order valence-corrected chi connectivity index (χ0v) is 28.9. The van der Waals surface area contributed by atoms with Crippen molar-refractivity contribution in [1.29, 1.82) is 0 Å². The van der Waals surface area contributed by atoms with E-state index in [1.165, 1.54) is 23.1 Å². The largest absolute Gasteiger partial charge is 0.394 e. The first-order valence-corrected chi connectivity index (χ1v) is 17.5. The molecule has 0 radical (unpaired) electrons. The number of hydrogen-bond donors (Lipinski definition) is 2. The molecule has 3 atom stereocenters. The van der Waals surface area contributed by atoms with Gasteiger partial charge in [-0.2, -0.15) is 0 Å². The van der Waals surface area contributed by atoms with E-state index in [0.29, 0.717) is 35.5 Å². The minimum Gasteiger partial charge on any atom is -0.394 e. The predicted molar refractivity (Wildman–Crippen MR) is 200 cm³/mol. The molecule has 0 fully saturated rings. The smallest absolute Gasteiger partial charge is 0.269 e. The van der Waals surface area contributed by atoms with Crippen molar-refractivity contribution in [3.63, 3.8) is 0 Å². The highest BCUT2D eigenvalue weighted by molar-refractivity contribution is 6.27. The number of rotatable bonds is 9. The van der Waals surface area contributed by atoms with E-state index in [4.69, 9.17) is 0 Å². The highest BCUT2D eigenvalue weighted by Gasteiger charge is 2.53. The minimum absolute atomic E-state index is 0.0236. The number of amides is 3. The molecule has 0 saturated heterocycles. The van der Waals surface area contributed by atoms with Gasteiger partial charge in [0.1, 0.15) is 0 Å². The Hall–Kier alpha value is -6.17. The topological polar surface area (TPSA) is 145 Å². The lowest BCUT2D eigenvalue weighted by molar-refractivity contribution is -0.385. The monoisotopic (exact) mass is 708 g/mol. The lowest BCUT2D eigenvalue weighted by atomic mass is 9.82. The number of aliphatic hydroxyl groups excluding tert-OH is 1. The fourth-order valence-electron chi connectivity index (χ4n) is 7.98. The normalized spacial score (nSPS) is 19.6. The molecule has 0 bridgehead atoms. The molecule has 0 spiro atoms. The van der Waals surface area contributed by atoms with Crippen LogP contribution in [0.4, 0.5) is 22.7 Å². The van der Waals surface area contributed by atoms with E-state index in [9.17, 15) is 34.7 Å². The van der Waals surface area contributed by atoms with Crippen LogP contribution in [0, 0.1) is 16.0 Å². The Bertz CT molecular complexity index is 2350. The minimum atomic E-state index is -2.15. The van der Waals surface area contributed by atoms with Gasteiger partial charge >= 0.3 is 0 Å². The number of nitro benzene ring substituents is 1. The molecule has 3 aliphatic heterocycles. The molecular weight excluding hydrogens is 672 g/mol. The number of nitro groups is 1. The molecule has 2 N–H and O–H groups in total. The summed E-state index contributed by atoms with van der Waals surface area (Å²) in [6.45, 7) is 1.89. The first-order chi connectivity index (χ1) is 25.6. The lowest BCUT2D eigenvalue weighted by Gasteiger charge is -2.36. The van der Waals surface area contributed by atoms with E-state index < -0.39 is 22.3 Å². The third kappa shape index (κ3) is 5.56. The van der Waals surface area contributed by atoms with Gasteiger partial charge < -0.3 is 20.0 Å². The molecule has 5 aromatic rings. The summed E-state index contributed by atoms with van der Waals surface area (Å²) in [5, 5.41) is 35.9. The zero-order chi connectivity index (χ0) is 37.0. The van der Waals surface area contributed by atoms with Crippen LogP contribution in [-0.4, -0.2) is 50.4 Å². The van der Waals surface area contributed by atoms with Crippen molar-refractivity contribution >= 4 is 51.2 Å². The molecule has 3 aliphatic rings. The van der Waals surface area contributed by atoms with Gasteiger partial charge in [0.2, 0.25) is 5.91 Å². The molecule has 5 aromatic carbocycles. The van der Waals surface area contributed by atoms with Gasteiger partial charge in [-0.3, -0.25) is 29.4 Å². The first kappa shape index (κ1) is 33.9. The molecule has 3 amide bonds. The summed E-state index contributed by atoms with van der Waals surface area (Å²) in [4.78, 5) is 57.0. The highest BCUT2D eigenvalue weighted by atomic mass is 16.6. The molecule has 0 aromatic heterocycles. The van der Waals surface area contributed by atoms with Gasteiger partial charge in [-0.05, 0) is 58.8 Å². The van der Waals surface area contributed by atoms with E-state index in [-0.39, 0.29) is 48.7 Å². The van der Waals surface area contributed by atoms with Gasteiger partial charge in [0.15, 0.2) is 5.60 Å². The van der Waals surface area contributed by atoms with Gasteiger partial charge in [0.05, 0.1) is 41.1 Å². The molecule has 11 nitrogen and oxygen atoms in total. The average Bonchev–Trinajstić information content (AvgIpc) is 3.58. The lowest BCUT2D eigenvalue weighted by Crippen LogP contribution is -2.46. The van der Waals surface area contributed by atoms with Crippen molar-refractivity contribution in [2.75, 3.05) is 16.4 Å². The Labute approximate surface area is 305 Å². The zero-order valence-electron chi connectivity index (χ0n) is 28.9. The van der Waals surface area contributed by atoms with Crippen LogP contribution in [0.3, 0.4) is 0 Å². The van der Waals surface area contributed by atoms with Crippen LogP contribution in [0.1, 0.15) is 46.0 Å². The van der Waals surface area contributed by atoms with Crippen molar-refractivity contribution in [3.05, 3.63) is 153 Å². The second kappa shape index (κ2) is 13.1. The summed E-state index contributed by atoms with van der Waals surface area (Å²) >= 11 is 0. The second-order valence-electron chi connectivity index (χ2n) is 13.9. The van der Waals surface area contributed by atoms with E-state index in [1.54, 1.807) is 28.9 Å². The molecule has 0 aliphatic carbocycles. The standard InChI is InChI=1S/C42H36N4O7/c1-26(7-4-14-38(48)43-24-30-9-3-2-8-29(30)21-33(43)25-47)42(51)35-22-32(46(52)53)19-20-36(35)44(41(42)50)23-27-15-17-31(18-16-27)45-37-13-6-11-28-10-5-12-34(39(28)37)40(45)49/h2-13,15-20,22,26,33,47,51H,14,21,23-25H2,1H3/b7-4+/t26-,33+,42+/m1/s1. The van der Waals surface area contributed by atoms with Gasteiger partial charge in [-0.15, -0.1) is 0 Å². The maximum absolute atomic E-state index is 14.2. The van der Waals surface area contributed by atoms with E-state index in [1.807, 2.05) is 84.9 Å². The molecule has 266 valence electrons. The average molecular weight is 709 g/mol. The molecule has 53 heavy (non-hydrogen) atoms. The number of carbonyl (C=O) groups excluding carboxylic acids is 3. The Morgan fingerprint density at radius 3 is 2.43 bits per heavy atom. The van der Waals surface area contributed by atoms with Crippen molar-refractivity contribution in [2.45, 2.75) is 44.5 Å². The Morgan fingerprint density at radius 2 is 1.70 bits per heavy atom. The van der Waals surface area contributed by atoms with Crippen molar-refractivity contribution in [1.82, 2.24) is 4.90 Å². The summed E-state index contributed by atoms with van der Waals surface area (Å²) < 4.78 is 0. The second-order valence-corrected chi connectivity index (χ2v) is 13.9. The van der Waals surface area contributed by atoms with Crippen LogP contribution >= 0.6 is 0 Å². The Morgan fingerprint density at radius 1 is 0.962 bits per heavy atom. The number of anilines is 3. The fourth-order valence-corrected chi connectivity index (χ4v) is 7.98. The van der Waals surface area contributed by atoms with E-state index in [0.717, 1.165) is 27.6 Å². The van der Waals surface area contributed by atoms with Crippen LogP contribution in [0.15, 0.2) is 115 Å². The summed E-state index contributed by atoms with van der Waals surface area (Å²) in [6.07, 6.45) is 3.71. The molecule has 11 heteroatoms. The fraction of sp³-hybridized carbons (Fsp3) is 0.214. The van der Waals surface area contributed by atoms with Crippen LogP contribution in [-0.2, 0) is 34.7 Å². The Kier molecular flexibility index (Phi) is 8.39. The predicted octanol–water partition coefficient (Wildman–Crippen LogP) is 6.30. The van der Waals surface area contributed by atoms with E-state index >= 15 is 0 Å². The van der Waals surface area contributed by atoms with Crippen LogP contribution in [0.2, 0.25) is 0 Å². The van der Waals surface area contributed by atoms with Gasteiger partial charge in [0, 0.05) is 47.7 Å². The molecule has 0 unspecified atom stereocenters. The molecule has 0 saturated carbocycles. The summed E-state index contributed by atoms with van der Waals surface area (Å²) in [5.74, 6) is -1.84. The maximum atomic E-state index is 14.2. The quantitative estimate of drug-likeness (QED) is 0.104. The number of benzene rings is 5. The summed E-state index contributed by atoms with van der Waals surface area (Å²) in [7, 11) is 0. The third-order valence-corrected chi connectivity index (χ3v) is 10.8.